The number of rotatable bonds is 5. The molecule has 0 bridgehead atoms. The molecule has 5 aromatic rings. The van der Waals surface area contributed by atoms with Gasteiger partial charge < -0.3 is 15.5 Å². The van der Waals surface area contributed by atoms with Crippen LogP contribution in [-0.4, -0.2) is 60.2 Å². The van der Waals surface area contributed by atoms with E-state index in [0.717, 1.165) is 37.4 Å². The van der Waals surface area contributed by atoms with E-state index >= 15 is 0 Å². The predicted octanol–water partition coefficient (Wildman–Crippen LogP) is 3.33. The van der Waals surface area contributed by atoms with Gasteiger partial charge in [-0.15, -0.1) is 12.4 Å². The molecule has 1 aliphatic rings. The highest BCUT2D eigenvalue weighted by Gasteiger charge is 2.19. The molecule has 184 valence electrons. The Morgan fingerprint density at radius 2 is 2.00 bits per heavy atom. The predicted molar refractivity (Wildman–Crippen MR) is 142 cm³/mol. The molecule has 10 nitrogen and oxygen atoms in total. The Balaban J connectivity index is 0.00000267. The summed E-state index contributed by atoms with van der Waals surface area (Å²) in [6.07, 6.45) is 7.66. The number of aryl methyl sites for hydroxylation is 1. The van der Waals surface area contributed by atoms with Gasteiger partial charge in [-0.2, -0.15) is 5.10 Å². The average molecular weight is 503 g/mol. The van der Waals surface area contributed by atoms with E-state index in [1.54, 1.807) is 23.4 Å². The summed E-state index contributed by atoms with van der Waals surface area (Å²) in [6, 6.07) is 10.9. The minimum absolute atomic E-state index is 0. The first-order valence-electron chi connectivity index (χ1n) is 11.7. The number of aromatic nitrogens is 7. The lowest BCUT2D eigenvalue weighted by molar-refractivity contribution is 0.480. The van der Waals surface area contributed by atoms with E-state index in [1.807, 2.05) is 6.20 Å². The van der Waals surface area contributed by atoms with Crippen molar-refractivity contribution in [3.63, 3.8) is 0 Å². The van der Waals surface area contributed by atoms with E-state index < -0.39 is 0 Å². The number of halogens is 1. The van der Waals surface area contributed by atoms with Crippen LogP contribution in [0.1, 0.15) is 23.6 Å². The van der Waals surface area contributed by atoms with Crippen molar-refractivity contribution in [3.05, 3.63) is 72.1 Å². The fourth-order valence-electron chi connectivity index (χ4n) is 4.50. The van der Waals surface area contributed by atoms with Gasteiger partial charge >= 0.3 is 0 Å². The highest BCUT2D eigenvalue weighted by atomic mass is 35.5. The minimum Gasteiger partial charge on any atom is -0.338 e. The van der Waals surface area contributed by atoms with Crippen LogP contribution >= 0.6 is 12.4 Å². The van der Waals surface area contributed by atoms with E-state index in [4.69, 9.17) is 4.98 Å². The smallest absolute Gasteiger partial charge is 0.226 e. The van der Waals surface area contributed by atoms with Crippen molar-refractivity contribution in [2.45, 2.75) is 26.3 Å². The Labute approximate surface area is 214 Å². The fourth-order valence-corrected chi connectivity index (χ4v) is 4.50. The van der Waals surface area contributed by atoms with Crippen molar-refractivity contribution >= 4 is 46.5 Å². The topological polar surface area (TPSA) is 109 Å². The summed E-state index contributed by atoms with van der Waals surface area (Å²) in [6.45, 7) is 6.95. The van der Waals surface area contributed by atoms with Crippen LogP contribution in [0.2, 0.25) is 0 Å². The first-order valence-corrected chi connectivity index (χ1v) is 11.7. The lowest BCUT2D eigenvalue weighted by Gasteiger charge is -2.31. The number of hydrogen-bond acceptors (Lipinski definition) is 9. The molecule has 0 radical (unpaired) electrons. The highest BCUT2D eigenvalue weighted by molar-refractivity contribution is 5.87. The Kier molecular flexibility index (Phi) is 6.62. The van der Waals surface area contributed by atoms with Crippen LogP contribution in [0.25, 0.3) is 16.7 Å². The van der Waals surface area contributed by atoms with Gasteiger partial charge in [0.05, 0.1) is 6.20 Å². The van der Waals surface area contributed by atoms with Gasteiger partial charge in [0.1, 0.15) is 23.7 Å². The number of nitrogens with one attached hydrogen (secondary N) is 2. The molecule has 1 atom stereocenters. The van der Waals surface area contributed by atoms with E-state index in [1.165, 1.54) is 16.7 Å². The number of pyridine rings is 1. The van der Waals surface area contributed by atoms with Crippen molar-refractivity contribution < 1.29 is 0 Å². The second-order valence-electron chi connectivity index (χ2n) is 8.97. The van der Waals surface area contributed by atoms with E-state index in [9.17, 15) is 0 Å². The molecule has 1 aromatic carbocycles. The summed E-state index contributed by atoms with van der Waals surface area (Å²) >= 11 is 0. The second kappa shape index (κ2) is 10.00. The number of piperazine rings is 1. The normalized spacial score (nSPS) is 15.7. The maximum Gasteiger partial charge on any atom is 0.226 e. The Hall–Kier alpha value is -3.89. The first kappa shape index (κ1) is 23.8. The third-order valence-electron chi connectivity index (χ3n) is 6.36. The van der Waals surface area contributed by atoms with Gasteiger partial charge in [0.2, 0.25) is 5.95 Å². The van der Waals surface area contributed by atoms with Crippen LogP contribution in [0.5, 0.6) is 0 Å². The fraction of sp³-hybridized carbons (Fsp3) is 0.280. The molecular weight excluding hydrogens is 476 g/mol. The van der Waals surface area contributed by atoms with Crippen LogP contribution in [-0.2, 0) is 6.42 Å². The molecule has 5 heterocycles. The molecule has 0 aliphatic carbocycles. The Morgan fingerprint density at radius 1 is 1.08 bits per heavy atom. The first-order chi connectivity index (χ1) is 17.1. The molecule has 1 aliphatic heterocycles. The molecule has 4 aromatic heterocycles. The molecule has 0 unspecified atom stereocenters. The van der Waals surface area contributed by atoms with Crippen molar-refractivity contribution in [1.29, 1.82) is 0 Å². The van der Waals surface area contributed by atoms with Gasteiger partial charge in [-0.05, 0) is 61.2 Å². The Morgan fingerprint density at radius 3 is 2.86 bits per heavy atom. The summed E-state index contributed by atoms with van der Waals surface area (Å²) in [7, 11) is 0. The number of nitrogens with zero attached hydrogens (tertiary/aromatic N) is 8. The zero-order valence-corrected chi connectivity index (χ0v) is 20.9. The van der Waals surface area contributed by atoms with Crippen LogP contribution in [0.4, 0.5) is 17.5 Å². The van der Waals surface area contributed by atoms with Crippen LogP contribution in [0, 0.1) is 6.92 Å². The van der Waals surface area contributed by atoms with E-state index in [2.05, 4.69) is 84.7 Å². The summed E-state index contributed by atoms with van der Waals surface area (Å²) in [5.41, 5.74) is 6.88. The van der Waals surface area contributed by atoms with Crippen LogP contribution in [0.15, 0.2) is 55.4 Å². The third kappa shape index (κ3) is 4.77. The summed E-state index contributed by atoms with van der Waals surface area (Å²) < 4.78 is 1.77. The third-order valence-corrected chi connectivity index (χ3v) is 6.36. The molecule has 36 heavy (non-hydrogen) atoms. The zero-order chi connectivity index (χ0) is 23.8. The lowest BCUT2D eigenvalue weighted by atomic mass is 10.0. The minimum atomic E-state index is 0. The molecule has 6 rings (SSSR count). The summed E-state index contributed by atoms with van der Waals surface area (Å²) in [5.74, 6) is 1.38. The molecule has 2 N–H and O–H groups in total. The van der Waals surface area contributed by atoms with Crippen LogP contribution < -0.4 is 15.5 Å². The molecule has 0 saturated carbocycles. The van der Waals surface area contributed by atoms with Crippen molar-refractivity contribution in [2.24, 2.45) is 0 Å². The van der Waals surface area contributed by atoms with Crippen molar-refractivity contribution in [3.8, 4) is 0 Å². The summed E-state index contributed by atoms with van der Waals surface area (Å²) in [5, 5.41) is 11.1. The standard InChI is InChI=1S/C25H26N10.ClH/c1-16-9-20(4-3-19(16)10-18-5-7-35-22(11-18)29-15-31-35)32-24-23-21(28-14-30-24)12-27-25(33-23)34-8-6-26-17(2)13-34;/h3-5,7,9,11-12,14-15,17,26H,6,8,10,13H2,1-2H3,(H,28,30,32);1H/t17-;/m1./s1. The van der Waals surface area contributed by atoms with Gasteiger partial charge in [0, 0.05) is 37.6 Å². The molecule has 1 saturated heterocycles. The van der Waals surface area contributed by atoms with Gasteiger partial charge in [-0.25, -0.2) is 29.4 Å². The maximum atomic E-state index is 4.83. The van der Waals surface area contributed by atoms with Crippen molar-refractivity contribution in [2.75, 3.05) is 29.9 Å². The van der Waals surface area contributed by atoms with Crippen molar-refractivity contribution in [1.82, 2.24) is 39.9 Å². The van der Waals surface area contributed by atoms with Gasteiger partial charge in [0.15, 0.2) is 11.5 Å². The van der Waals surface area contributed by atoms with Gasteiger partial charge in [-0.1, -0.05) is 6.07 Å². The number of benzene rings is 1. The summed E-state index contributed by atoms with van der Waals surface area (Å²) in [4.78, 5) is 24.7. The lowest BCUT2D eigenvalue weighted by Crippen LogP contribution is -2.49. The molecule has 11 heteroatoms. The van der Waals surface area contributed by atoms with E-state index in [0.29, 0.717) is 28.8 Å². The largest absolute Gasteiger partial charge is 0.338 e. The maximum absolute atomic E-state index is 4.83. The Bertz CT molecular complexity index is 1520. The molecule has 1 fully saturated rings. The van der Waals surface area contributed by atoms with E-state index in [-0.39, 0.29) is 12.4 Å². The number of hydrogen-bond donors (Lipinski definition) is 2. The SMILES string of the molecule is Cc1cc(Nc2ncnc3cnc(N4CCN[C@H](C)C4)nc23)ccc1Cc1ccn2ncnc2c1.Cl. The molecule has 0 amide bonds. The average Bonchev–Trinajstić information content (AvgIpc) is 3.34. The molecule has 0 spiro atoms. The van der Waals surface area contributed by atoms with Gasteiger partial charge in [0.25, 0.3) is 0 Å². The zero-order valence-electron chi connectivity index (χ0n) is 20.1. The second-order valence-corrected chi connectivity index (χ2v) is 8.97. The van der Waals surface area contributed by atoms with Gasteiger partial charge in [-0.3, -0.25) is 0 Å². The number of anilines is 3. The highest BCUT2D eigenvalue weighted by Crippen LogP contribution is 2.25. The quantitative estimate of drug-likeness (QED) is 0.374. The number of fused-ring (bicyclic) bond motifs is 2. The monoisotopic (exact) mass is 502 g/mol. The molecular formula is C25H27ClN10. The van der Waals surface area contributed by atoms with Crippen LogP contribution in [0.3, 0.4) is 0 Å².